The van der Waals surface area contributed by atoms with Crippen molar-refractivity contribution < 1.29 is 27.4 Å². The lowest BCUT2D eigenvalue weighted by molar-refractivity contribution is -0.275. The van der Waals surface area contributed by atoms with Crippen LogP contribution in [0.1, 0.15) is 24.2 Å². The molecule has 1 aromatic carbocycles. The number of carbonyl (C=O) groups excluding carboxylic acids is 1. The van der Waals surface area contributed by atoms with Crippen LogP contribution in [0.5, 0.6) is 11.5 Å². The van der Waals surface area contributed by atoms with E-state index in [9.17, 15) is 18.0 Å². The maximum atomic E-state index is 12.3. The molecule has 3 nitrogen and oxygen atoms in total. The molecule has 1 unspecified atom stereocenters. The Morgan fingerprint density at radius 1 is 1.37 bits per heavy atom. The van der Waals surface area contributed by atoms with Gasteiger partial charge in [0.15, 0.2) is 11.5 Å². The van der Waals surface area contributed by atoms with Crippen molar-refractivity contribution in [2.75, 3.05) is 6.61 Å². The van der Waals surface area contributed by atoms with Gasteiger partial charge in [0.25, 0.3) is 0 Å². The van der Waals surface area contributed by atoms with E-state index in [1.54, 1.807) is 6.92 Å². The molecular weight excluding hydrogens is 329 g/mol. The standard InChI is InChI=1S/C12H12BrF3O3/c1-3-18-9-5-4-8(11(13)7(2)17)6-10(9)19-12(14,15)16/h4-6,11H,3H2,1-2H3. The number of Topliss-reactive ketones (excluding diaryl/α,β-unsaturated/α-hetero) is 1. The summed E-state index contributed by atoms with van der Waals surface area (Å²) in [6.45, 7) is 3.19. The molecule has 0 bridgehead atoms. The molecule has 19 heavy (non-hydrogen) atoms. The maximum absolute atomic E-state index is 12.3. The number of hydrogen-bond donors (Lipinski definition) is 0. The molecule has 0 radical (unpaired) electrons. The van der Waals surface area contributed by atoms with Crippen molar-refractivity contribution >= 4 is 21.7 Å². The molecule has 7 heteroatoms. The van der Waals surface area contributed by atoms with Gasteiger partial charge in [0.2, 0.25) is 0 Å². The highest BCUT2D eigenvalue weighted by Crippen LogP contribution is 2.36. The number of benzene rings is 1. The normalized spacial score (nSPS) is 12.9. The van der Waals surface area contributed by atoms with E-state index >= 15 is 0 Å². The zero-order valence-electron chi connectivity index (χ0n) is 10.3. The first-order chi connectivity index (χ1) is 8.74. The van der Waals surface area contributed by atoms with Gasteiger partial charge in [-0.1, -0.05) is 22.0 Å². The molecule has 0 aliphatic carbocycles. The van der Waals surface area contributed by atoms with Gasteiger partial charge in [0.05, 0.1) is 11.4 Å². The van der Waals surface area contributed by atoms with E-state index < -0.39 is 16.9 Å². The van der Waals surface area contributed by atoms with Gasteiger partial charge in [-0.3, -0.25) is 4.79 Å². The molecule has 0 fully saturated rings. The molecule has 0 saturated carbocycles. The molecule has 0 N–H and O–H groups in total. The molecule has 0 heterocycles. The fourth-order valence-corrected chi connectivity index (χ4v) is 1.68. The van der Waals surface area contributed by atoms with Crippen LogP contribution < -0.4 is 9.47 Å². The van der Waals surface area contributed by atoms with Gasteiger partial charge in [0, 0.05) is 0 Å². The summed E-state index contributed by atoms with van der Waals surface area (Å²) in [5.41, 5.74) is 0.371. The van der Waals surface area contributed by atoms with E-state index in [-0.39, 0.29) is 18.1 Å². The molecule has 0 aliphatic heterocycles. The lowest BCUT2D eigenvalue weighted by Crippen LogP contribution is -2.18. The summed E-state index contributed by atoms with van der Waals surface area (Å²) in [4.78, 5) is 10.5. The molecule has 1 aromatic rings. The van der Waals surface area contributed by atoms with Crippen LogP contribution in [0, 0.1) is 0 Å². The Balaban J connectivity index is 3.14. The van der Waals surface area contributed by atoms with E-state index in [4.69, 9.17) is 4.74 Å². The van der Waals surface area contributed by atoms with Crippen LogP contribution in [0.4, 0.5) is 13.2 Å². The van der Waals surface area contributed by atoms with Crippen molar-refractivity contribution in [3.8, 4) is 11.5 Å². The number of ether oxygens (including phenoxy) is 2. The highest BCUT2D eigenvalue weighted by Gasteiger charge is 2.33. The molecule has 0 aliphatic rings. The van der Waals surface area contributed by atoms with Gasteiger partial charge < -0.3 is 9.47 Å². The minimum Gasteiger partial charge on any atom is -0.490 e. The fraction of sp³-hybridized carbons (Fsp3) is 0.417. The number of alkyl halides is 4. The SMILES string of the molecule is CCOc1ccc(C(Br)C(C)=O)cc1OC(F)(F)F. The molecule has 1 atom stereocenters. The lowest BCUT2D eigenvalue weighted by Gasteiger charge is -2.15. The van der Waals surface area contributed by atoms with Crippen molar-refractivity contribution in [1.29, 1.82) is 0 Å². The van der Waals surface area contributed by atoms with Crippen LogP contribution in [-0.4, -0.2) is 18.8 Å². The predicted molar refractivity (Wildman–Crippen MR) is 66.6 cm³/mol. The largest absolute Gasteiger partial charge is 0.573 e. The molecule has 0 spiro atoms. The van der Waals surface area contributed by atoms with Gasteiger partial charge in [-0.15, -0.1) is 13.2 Å². The Hall–Kier alpha value is -1.24. The minimum absolute atomic E-state index is 0.0215. The topological polar surface area (TPSA) is 35.5 Å². The number of rotatable bonds is 5. The number of ketones is 1. The van der Waals surface area contributed by atoms with Crippen molar-refractivity contribution in [3.05, 3.63) is 23.8 Å². The number of halogens is 4. The first-order valence-electron chi connectivity index (χ1n) is 5.41. The quantitative estimate of drug-likeness (QED) is 0.759. The monoisotopic (exact) mass is 340 g/mol. The van der Waals surface area contributed by atoms with Gasteiger partial charge in [-0.25, -0.2) is 0 Å². The Labute approximate surface area is 116 Å². The van der Waals surface area contributed by atoms with Gasteiger partial charge in [-0.05, 0) is 31.5 Å². The Morgan fingerprint density at radius 3 is 2.47 bits per heavy atom. The second-order valence-electron chi connectivity index (χ2n) is 3.66. The first-order valence-corrected chi connectivity index (χ1v) is 6.33. The van der Waals surface area contributed by atoms with Crippen molar-refractivity contribution in [1.82, 2.24) is 0 Å². The van der Waals surface area contributed by atoms with E-state index in [2.05, 4.69) is 20.7 Å². The van der Waals surface area contributed by atoms with E-state index in [0.717, 1.165) is 6.07 Å². The Morgan fingerprint density at radius 2 is 2.00 bits per heavy atom. The zero-order chi connectivity index (χ0) is 14.6. The highest BCUT2D eigenvalue weighted by atomic mass is 79.9. The summed E-state index contributed by atoms with van der Waals surface area (Å²) in [7, 11) is 0. The Bertz CT molecular complexity index is 460. The fourth-order valence-electron chi connectivity index (χ4n) is 1.40. The van der Waals surface area contributed by atoms with E-state index in [0.29, 0.717) is 5.56 Å². The van der Waals surface area contributed by atoms with Crippen molar-refractivity contribution in [2.24, 2.45) is 0 Å². The summed E-state index contributed by atoms with van der Waals surface area (Å²) in [5, 5.41) is 0. The minimum atomic E-state index is -4.82. The summed E-state index contributed by atoms with van der Waals surface area (Å²) >= 11 is 3.10. The molecule has 0 saturated heterocycles. The maximum Gasteiger partial charge on any atom is 0.573 e. The molecule has 106 valence electrons. The summed E-state index contributed by atoms with van der Waals surface area (Å²) in [6.07, 6.45) is -4.82. The van der Waals surface area contributed by atoms with Gasteiger partial charge in [0.1, 0.15) is 5.78 Å². The molecular formula is C12H12BrF3O3. The molecule has 0 amide bonds. The third-order valence-corrected chi connectivity index (χ3v) is 3.32. The zero-order valence-corrected chi connectivity index (χ0v) is 11.8. The summed E-state index contributed by atoms with van der Waals surface area (Å²) in [5.74, 6) is -0.702. The van der Waals surface area contributed by atoms with Crippen LogP contribution >= 0.6 is 15.9 Å². The second-order valence-corrected chi connectivity index (χ2v) is 4.58. The molecule has 1 rings (SSSR count). The van der Waals surface area contributed by atoms with E-state index in [1.807, 2.05) is 0 Å². The van der Waals surface area contributed by atoms with Gasteiger partial charge >= 0.3 is 6.36 Å². The Kier molecular flexibility index (Phi) is 5.22. The van der Waals surface area contributed by atoms with E-state index in [1.165, 1.54) is 19.1 Å². The van der Waals surface area contributed by atoms with Crippen LogP contribution in [0.3, 0.4) is 0 Å². The average molecular weight is 341 g/mol. The smallest absolute Gasteiger partial charge is 0.490 e. The second kappa shape index (κ2) is 6.27. The average Bonchev–Trinajstić information content (AvgIpc) is 2.28. The van der Waals surface area contributed by atoms with Gasteiger partial charge in [-0.2, -0.15) is 0 Å². The predicted octanol–water partition coefficient (Wildman–Crippen LogP) is 4.01. The number of hydrogen-bond acceptors (Lipinski definition) is 3. The summed E-state index contributed by atoms with van der Waals surface area (Å²) in [6, 6.07) is 3.99. The summed E-state index contributed by atoms with van der Waals surface area (Å²) < 4.78 is 45.8. The first kappa shape index (κ1) is 15.8. The third-order valence-electron chi connectivity index (χ3n) is 2.14. The molecule has 0 aromatic heterocycles. The van der Waals surface area contributed by atoms with Crippen molar-refractivity contribution in [2.45, 2.75) is 25.0 Å². The van der Waals surface area contributed by atoms with Crippen LogP contribution in [-0.2, 0) is 4.79 Å². The van der Waals surface area contributed by atoms with Crippen LogP contribution in [0.25, 0.3) is 0 Å². The highest BCUT2D eigenvalue weighted by molar-refractivity contribution is 9.09. The van der Waals surface area contributed by atoms with Crippen LogP contribution in [0.15, 0.2) is 18.2 Å². The third kappa shape index (κ3) is 4.74. The lowest BCUT2D eigenvalue weighted by atomic mass is 10.1. The van der Waals surface area contributed by atoms with Crippen molar-refractivity contribution in [3.63, 3.8) is 0 Å². The van der Waals surface area contributed by atoms with Crippen LogP contribution in [0.2, 0.25) is 0 Å². The number of carbonyl (C=O) groups is 1.